The Hall–Kier alpha value is -4.20. The van der Waals surface area contributed by atoms with Crippen LogP contribution in [0.3, 0.4) is 0 Å². The number of carbonyl (C=O) groups is 3. The number of aromatic nitrogens is 1. The number of anilines is 2. The molecular formula is C25H26N4O4. The van der Waals surface area contributed by atoms with Crippen molar-refractivity contribution in [3.05, 3.63) is 77.5 Å². The number of rotatable bonds is 8. The Morgan fingerprint density at radius 1 is 1.06 bits per heavy atom. The van der Waals surface area contributed by atoms with E-state index in [2.05, 4.69) is 4.98 Å². The van der Waals surface area contributed by atoms with E-state index in [1.54, 1.807) is 42.6 Å². The van der Waals surface area contributed by atoms with Crippen LogP contribution < -0.4 is 10.6 Å². The molecule has 0 aliphatic rings. The first kappa shape index (κ1) is 23.5. The Morgan fingerprint density at radius 3 is 2.48 bits per heavy atom. The van der Waals surface area contributed by atoms with Crippen molar-refractivity contribution in [2.75, 3.05) is 38.4 Å². The molecule has 8 nitrogen and oxygen atoms in total. The molecule has 2 N–H and O–H groups in total. The third-order valence-corrected chi connectivity index (χ3v) is 5.13. The SMILES string of the molecule is COC(=O)c1cccc(CN(CC=O)C(=O)c2ccc(-c3ccnc(N)c3)cc2N(C)C)c1. The maximum Gasteiger partial charge on any atom is 0.337 e. The quantitative estimate of drug-likeness (QED) is 0.419. The molecule has 1 heterocycles. The van der Waals surface area contributed by atoms with Crippen molar-refractivity contribution < 1.29 is 19.1 Å². The van der Waals surface area contributed by atoms with Gasteiger partial charge in [0.05, 0.1) is 24.8 Å². The second-order valence-corrected chi connectivity index (χ2v) is 7.64. The topological polar surface area (TPSA) is 106 Å². The smallest absolute Gasteiger partial charge is 0.337 e. The zero-order valence-corrected chi connectivity index (χ0v) is 18.8. The lowest BCUT2D eigenvalue weighted by molar-refractivity contribution is -0.108. The number of ether oxygens (including phenoxy) is 1. The minimum absolute atomic E-state index is 0.0865. The molecule has 2 aromatic carbocycles. The number of amides is 1. The number of nitrogens with zero attached hydrogens (tertiary/aromatic N) is 3. The minimum atomic E-state index is -0.465. The molecule has 3 aromatic rings. The second kappa shape index (κ2) is 10.4. The third kappa shape index (κ3) is 5.54. The van der Waals surface area contributed by atoms with E-state index in [4.69, 9.17) is 10.5 Å². The summed E-state index contributed by atoms with van der Waals surface area (Å²) in [5.74, 6) is -0.354. The highest BCUT2D eigenvalue weighted by Gasteiger charge is 2.21. The fraction of sp³-hybridized carbons (Fsp3) is 0.200. The fourth-order valence-electron chi connectivity index (χ4n) is 3.50. The van der Waals surface area contributed by atoms with Crippen LogP contribution in [0.25, 0.3) is 11.1 Å². The van der Waals surface area contributed by atoms with Crippen molar-refractivity contribution in [1.82, 2.24) is 9.88 Å². The van der Waals surface area contributed by atoms with Crippen LogP contribution in [0.4, 0.5) is 11.5 Å². The standard InChI is InChI=1S/C25H26N4O4/c1-28(2)22-14-18(19-9-10-27-23(26)15-19)7-8-21(22)24(31)29(11-12-30)16-17-5-4-6-20(13-17)25(32)33-3/h4-10,12-15H,11,16H2,1-3H3,(H2,26,27). The lowest BCUT2D eigenvalue weighted by Crippen LogP contribution is -2.33. The van der Waals surface area contributed by atoms with Crippen molar-refractivity contribution in [2.45, 2.75) is 6.54 Å². The van der Waals surface area contributed by atoms with Gasteiger partial charge in [-0.2, -0.15) is 0 Å². The van der Waals surface area contributed by atoms with Gasteiger partial charge >= 0.3 is 5.97 Å². The minimum Gasteiger partial charge on any atom is -0.465 e. The van der Waals surface area contributed by atoms with E-state index in [-0.39, 0.29) is 19.0 Å². The van der Waals surface area contributed by atoms with Gasteiger partial charge in [0, 0.05) is 32.5 Å². The summed E-state index contributed by atoms with van der Waals surface area (Å²) in [5.41, 5.74) is 9.83. The van der Waals surface area contributed by atoms with Gasteiger partial charge in [-0.15, -0.1) is 0 Å². The first-order chi connectivity index (χ1) is 15.8. The number of nitrogens with two attached hydrogens (primary N) is 1. The molecule has 33 heavy (non-hydrogen) atoms. The molecule has 0 radical (unpaired) electrons. The Kier molecular flexibility index (Phi) is 7.40. The Labute approximate surface area is 192 Å². The molecule has 3 rings (SSSR count). The molecule has 8 heteroatoms. The summed E-state index contributed by atoms with van der Waals surface area (Å²) in [4.78, 5) is 44.0. The summed E-state index contributed by atoms with van der Waals surface area (Å²) in [6.07, 6.45) is 2.32. The predicted octanol–water partition coefficient (Wildman–Crippen LogP) is 3.02. The van der Waals surface area contributed by atoms with E-state index in [9.17, 15) is 14.4 Å². The molecule has 0 bridgehead atoms. The number of esters is 1. The first-order valence-corrected chi connectivity index (χ1v) is 10.3. The maximum absolute atomic E-state index is 13.5. The van der Waals surface area contributed by atoms with Gasteiger partial charge in [-0.25, -0.2) is 9.78 Å². The first-order valence-electron chi connectivity index (χ1n) is 10.3. The van der Waals surface area contributed by atoms with Crippen LogP contribution in [0.15, 0.2) is 60.8 Å². The maximum atomic E-state index is 13.5. The van der Waals surface area contributed by atoms with E-state index >= 15 is 0 Å². The van der Waals surface area contributed by atoms with Gasteiger partial charge in [0.25, 0.3) is 5.91 Å². The van der Waals surface area contributed by atoms with Crippen LogP contribution in [0.1, 0.15) is 26.3 Å². The van der Waals surface area contributed by atoms with Crippen molar-refractivity contribution in [1.29, 1.82) is 0 Å². The number of hydrogen-bond donors (Lipinski definition) is 1. The molecule has 0 saturated heterocycles. The lowest BCUT2D eigenvalue weighted by atomic mass is 10.0. The zero-order chi connectivity index (χ0) is 24.0. The Morgan fingerprint density at radius 2 is 1.82 bits per heavy atom. The average Bonchev–Trinajstić information content (AvgIpc) is 2.82. The van der Waals surface area contributed by atoms with E-state index < -0.39 is 5.97 Å². The number of methoxy groups -OCH3 is 1. The van der Waals surface area contributed by atoms with E-state index in [1.807, 2.05) is 37.2 Å². The highest BCUT2D eigenvalue weighted by atomic mass is 16.5. The van der Waals surface area contributed by atoms with Gasteiger partial charge in [-0.3, -0.25) is 4.79 Å². The summed E-state index contributed by atoms with van der Waals surface area (Å²) in [6.45, 7) is 0.0781. The molecule has 170 valence electrons. The Bertz CT molecular complexity index is 1180. The third-order valence-electron chi connectivity index (χ3n) is 5.13. The molecule has 0 saturated carbocycles. The molecule has 0 fully saturated rings. The Balaban J connectivity index is 1.95. The number of pyridine rings is 1. The van der Waals surface area contributed by atoms with Crippen molar-refractivity contribution in [2.24, 2.45) is 0 Å². The van der Waals surface area contributed by atoms with Crippen molar-refractivity contribution in [3.8, 4) is 11.1 Å². The van der Waals surface area contributed by atoms with Gasteiger partial charge < -0.3 is 25.1 Å². The predicted molar refractivity (Wildman–Crippen MR) is 127 cm³/mol. The van der Waals surface area contributed by atoms with Gasteiger partial charge in [0.15, 0.2) is 0 Å². The van der Waals surface area contributed by atoms with Gasteiger partial charge in [-0.05, 0) is 53.1 Å². The van der Waals surface area contributed by atoms with Crippen LogP contribution in [-0.2, 0) is 16.1 Å². The zero-order valence-electron chi connectivity index (χ0n) is 18.8. The summed E-state index contributed by atoms with van der Waals surface area (Å²) >= 11 is 0. The van der Waals surface area contributed by atoms with E-state index in [1.165, 1.54) is 12.0 Å². The van der Waals surface area contributed by atoms with Crippen LogP contribution in [0.2, 0.25) is 0 Å². The van der Waals surface area contributed by atoms with Gasteiger partial charge in [-0.1, -0.05) is 18.2 Å². The molecule has 1 aromatic heterocycles. The molecule has 0 aliphatic carbocycles. The average molecular weight is 447 g/mol. The molecular weight excluding hydrogens is 420 g/mol. The monoisotopic (exact) mass is 446 g/mol. The molecule has 0 atom stereocenters. The lowest BCUT2D eigenvalue weighted by Gasteiger charge is -2.24. The summed E-state index contributed by atoms with van der Waals surface area (Å²) in [5, 5.41) is 0. The molecule has 0 aliphatic heterocycles. The number of hydrogen-bond acceptors (Lipinski definition) is 7. The largest absolute Gasteiger partial charge is 0.465 e. The van der Waals surface area contributed by atoms with E-state index in [0.717, 1.165) is 11.1 Å². The fourth-order valence-corrected chi connectivity index (χ4v) is 3.50. The summed E-state index contributed by atoms with van der Waals surface area (Å²) in [7, 11) is 5.01. The van der Waals surface area contributed by atoms with Gasteiger partial charge in [0.2, 0.25) is 0 Å². The number of benzene rings is 2. The van der Waals surface area contributed by atoms with Crippen molar-refractivity contribution >= 4 is 29.7 Å². The number of carbonyl (C=O) groups excluding carboxylic acids is 3. The van der Waals surface area contributed by atoms with Crippen LogP contribution in [0, 0.1) is 0 Å². The van der Waals surface area contributed by atoms with Crippen LogP contribution in [-0.4, -0.2) is 55.8 Å². The summed E-state index contributed by atoms with van der Waals surface area (Å²) in [6, 6.07) is 15.9. The van der Waals surface area contributed by atoms with Crippen LogP contribution in [0.5, 0.6) is 0 Å². The molecule has 1 amide bonds. The normalized spacial score (nSPS) is 10.4. The summed E-state index contributed by atoms with van der Waals surface area (Å²) < 4.78 is 4.76. The highest BCUT2D eigenvalue weighted by molar-refractivity contribution is 6.01. The molecule has 0 unspecified atom stereocenters. The number of aldehydes is 1. The van der Waals surface area contributed by atoms with Crippen molar-refractivity contribution in [3.63, 3.8) is 0 Å². The highest BCUT2D eigenvalue weighted by Crippen LogP contribution is 2.29. The number of nitrogen functional groups attached to an aromatic ring is 1. The van der Waals surface area contributed by atoms with E-state index in [0.29, 0.717) is 34.5 Å². The van der Waals surface area contributed by atoms with Gasteiger partial charge in [0.1, 0.15) is 12.1 Å². The van der Waals surface area contributed by atoms with Crippen LogP contribution >= 0.6 is 0 Å². The second-order valence-electron chi connectivity index (χ2n) is 7.64. The molecule has 0 spiro atoms.